The van der Waals surface area contributed by atoms with Crippen LogP contribution in [-0.2, 0) is 9.53 Å². The highest BCUT2D eigenvalue weighted by Crippen LogP contribution is 2.33. The van der Waals surface area contributed by atoms with E-state index < -0.39 is 0 Å². The summed E-state index contributed by atoms with van der Waals surface area (Å²) in [5, 5.41) is 7.82. The van der Waals surface area contributed by atoms with Gasteiger partial charge in [0.1, 0.15) is 5.70 Å². The van der Waals surface area contributed by atoms with E-state index in [-0.39, 0.29) is 5.91 Å². The van der Waals surface area contributed by atoms with E-state index in [0.717, 1.165) is 31.6 Å². The number of amides is 1. The zero-order chi connectivity index (χ0) is 11.0. The van der Waals surface area contributed by atoms with Crippen molar-refractivity contribution >= 4 is 12.1 Å². The molecule has 0 unspecified atom stereocenters. The summed E-state index contributed by atoms with van der Waals surface area (Å²) in [6.45, 7) is 1.53. The number of dihydropyridines is 1. The van der Waals surface area contributed by atoms with Gasteiger partial charge in [0.25, 0.3) is 5.91 Å². The Hall–Kier alpha value is -1.62. The molecule has 0 aliphatic carbocycles. The van der Waals surface area contributed by atoms with Crippen LogP contribution in [0.25, 0.3) is 0 Å². The molecule has 5 heteroatoms. The molecule has 0 N–H and O–H groups in total. The molecule has 0 saturated carbocycles. The molecule has 3 rings (SSSR count). The van der Waals surface area contributed by atoms with Gasteiger partial charge in [-0.3, -0.25) is 4.79 Å². The van der Waals surface area contributed by atoms with Crippen LogP contribution in [0.4, 0.5) is 0 Å². The molecule has 0 aromatic heterocycles. The average Bonchev–Trinajstić information content (AvgIpc) is 2.81. The number of nitrogens with zero attached hydrogens (tertiary/aromatic N) is 3. The first-order valence-electron chi connectivity index (χ1n) is 5.38. The third-order valence-electron chi connectivity index (χ3n) is 3.09. The van der Waals surface area contributed by atoms with Gasteiger partial charge in [-0.1, -0.05) is 0 Å². The Bertz CT molecular complexity index is 454. The molecular weight excluding hydrogens is 206 g/mol. The van der Waals surface area contributed by atoms with Crippen LogP contribution in [0, 0.1) is 5.92 Å². The third-order valence-corrected chi connectivity index (χ3v) is 3.09. The quantitative estimate of drug-likeness (QED) is 0.670. The van der Waals surface area contributed by atoms with E-state index in [1.165, 1.54) is 6.20 Å². The van der Waals surface area contributed by atoms with Crippen LogP contribution in [0.15, 0.2) is 38.3 Å². The van der Waals surface area contributed by atoms with Crippen molar-refractivity contribution in [2.75, 3.05) is 13.2 Å². The molecule has 0 aromatic carbocycles. The van der Waals surface area contributed by atoms with Gasteiger partial charge in [-0.2, -0.15) is 5.11 Å². The van der Waals surface area contributed by atoms with E-state index in [0.29, 0.717) is 17.2 Å². The fourth-order valence-electron chi connectivity index (χ4n) is 2.20. The third kappa shape index (κ3) is 1.44. The number of hydrogen-bond donors (Lipinski definition) is 0. The van der Waals surface area contributed by atoms with Crippen LogP contribution in [0.1, 0.15) is 12.8 Å². The van der Waals surface area contributed by atoms with E-state index in [1.54, 1.807) is 6.21 Å². The Morgan fingerprint density at radius 3 is 2.94 bits per heavy atom. The van der Waals surface area contributed by atoms with E-state index in [1.807, 2.05) is 0 Å². The molecule has 0 radical (unpaired) electrons. The summed E-state index contributed by atoms with van der Waals surface area (Å²) in [5.41, 5.74) is 2.28. The summed E-state index contributed by atoms with van der Waals surface area (Å²) in [4.78, 5) is 15.3. The lowest BCUT2D eigenvalue weighted by molar-refractivity contribution is -0.114. The fraction of sp³-hybridized carbons (Fsp3) is 0.455. The maximum atomic E-state index is 11.5. The van der Waals surface area contributed by atoms with Gasteiger partial charge in [0.2, 0.25) is 0 Å². The first kappa shape index (κ1) is 9.59. The van der Waals surface area contributed by atoms with E-state index in [9.17, 15) is 4.79 Å². The summed E-state index contributed by atoms with van der Waals surface area (Å²) in [5.74, 6) is 0.150. The van der Waals surface area contributed by atoms with Gasteiger partial charge in [0.05, 0.1) is 11.8 Å². The number of hydrogen-bond acceptors (Lipinski definition) is 4. The smallest absolute Gasteiger partial charge is 0.280 e. The molecule has 0 spiro atoms. The van der Waals surface area contributed by atoms with Crippen molar-refractivity contribution in [3.63, 3.8) is 0 Å². The molecule has 3 heterocycles. The second kappa shape index (κ2) is 3.75. The Balaban J connectivity index is 1.97. The first-order chi connectivity index (χ1) is 7.86. The predicted molar refractivity (Wildman–Crippen MR) is 57.0 cm³/mol. The molecule has 0 bridgehead atoms. The minimum Gasteiger partial charge on any atom is -0.381 e. The number of carbonyl (C=O) groups is 1. The van der Waals surface area contributed by atoms with Crippen molar-refractivity contribution < 1.29 is 9.53 Å². The molecule has 0 atom stereocenters. The van der Waals surface area contributed by atoms with Gasteiger partial charge >= 0.3 is 0 Å². The maximum Gasteiger partial charge on any atom is 0.280 e. The van der Waals surface area contributed by atoms with Crippen molar-refractivity contribution in [3.8, 4) is 0 Å². The van der Waals surface area contributed by atoms with Gasteiger partial charge in [-0.05, 0) is 18.8 Å². The van der Waals surface area contributed by atoms with Gasteiger partial charge in [0.15, 0.2) is 0 Å². The molecule has 82 valence electrons. The number of rotatable bonds is 1. The minimum atomic E-state index is -0.240. The highest BCUT2D eigenvalue weighted by atomic mass is 16.5. The number of azo groups is 1. The second-order valence-corrected chi connectivity index (χ2v) is 4.01. The SMILES string of the molecule is O=C1N=CC(C2CCOCC2)=C2N=NC=C12. The molecule has 1 saturated heterocycles. The Morgan fingerprint density at radius 1 is 1.31 bits per heavy atom. The van der Waals surface area contributed by atoms with Crippen molar-refractivity contribution in [1.29, 1.82) is 0 Å². The average molecular weight is 217 g/mol. The van der Waals surface area contributed by atoms with Gasteiger partial charge in [-0.25, -0.2) is 4.99 Å². The molecule has 0 aromatic rings. The minimum absolute atomic E-state index is 0.240. The highest BCUT2D eigenvalue weighted by molar-refractivity contribution is 6.09. The van der Waals surface area contributed by atoms with E-state index in [4.69, 9.17) is 4.74 Å². The molecule has 1 amide bonds. The standard InChI is InChI=1S/C11H11N3O2/c15-11-9-6-13-14-10(9)8(5-12-11)7-1-3-16-4-2-7/h5-7H,1-4H2. The Morgan fingerprint density at radius 2 is 2.12 bits per heavy atom. The highest BCUT2D eigenvalue weighted by Gasteiger charge is 2.29. The first-order valence-corrected chi connectivity index (χ1v) is 5.38. The topological polar surface area (TPSA) is 63.4 Å². The lowest BCUT2D eigenvalue weighted by Gasteiger charge is -2.24. The van der Waals surface area contributed by atoms with E-state index >= 15 is 0 Å². The summed E-state index contributed by atoms with van der Waals surface area (Å²) in [6.07, 6.45) is 5.06. The second-order valence-electron chi connectivity index (χ2n) is 4.01. The number of allylic oxidation sites excluding steroid dienone is 1. The van der Waals surface area contributed by atoms with Crippen LogP contribution in [0.5, 0.6) is 0 Å². The van der Waals surface area contributed by atoms with Crippen molar-refractivity contribution in [3.05, 3.63) is 23.0 Å². The molecular formula is C11H11N3O2. The van der Waals surface area contributed by atoms with Crippen LogP contribution >= 0.6 is 0 Å². The monoisotopic (exact) mass is 217 g/mol. The Kier molecular flexibility index (Phi) is 2.25. The van der Waals surface area contributed by atoms with Crippen molar-refractivity contribution in [2.45, 2.75) is 12.8 Å². The van der Waals surface area contributed by atoms with Gasteiger partial charge < -0.3 is 4.74 Å². The maximum absolute atomic E-state index is 11.5. The number of carbonyl (C=O) groups excluding carboxylic acids is 1. The summed E-state index contributed by atoms with van der Waals surface area (Å²) in [7, 11) is 0. The normalized spacial score (nSPS) is 25.0. The van der Waals surface area contributed by atoms with Crippen LogP contribution < -0.4 is 0 Å². The number of fused-ring (bicyclic) bond motifs is 1. The van der Waals surface area contributed by atoms with Crippen LogP contribution in [-0.4, -0.2) is 25.3 Å². The number of ether oxygens (including phenoxy) is 1. The fourth-order valence-corrected chi connectivity index (χ4v) is 2.20. The molecule has 5 nitrogen and oxygen atoms in total. The van der Waals surface area contributed by atoms with Gasteiger partial charge in [0, 0.05) is 25.0 Å². The Labute approximate surface area is 92.6 Å². The predicted octanol–water partition coefficient (Wildman–Crippen LogP) is 1.63. The van der Waals surface area contributed by atoms with Gasteiger partial charge in [-0.15, -0.1) is 5.11 Å². The van der Waals surface area contributed by atoms with Crippen LogP contribution in [0.3, 0.4) is 0 Å². The molecule has 1 fully saturated rings. The molecule has 3 aliphatic heterocycles. The molecule has 16 heavy (non-hydrogen) atoms. The van der Waals surface area contributed by atoms with Crippen LogP contribution in [0.2, 0.25) is 0 Å². The van der Waals surface area contributed by atoms with Crippen molar-refractivity contribution in [1.82, 2.24) is 0 Å². The number of aliphatic imine (C=N–C) groups is 1. The summed E-state index contributed by atoms with van der Waals surface area (Å²) >= 11 is 0. The summed E-state index contributed by atoms with van der Waals surface area (Å²) in [6, 6.07) is 0. The lowest BCUT2D eigenvalue weighted by atomic mass is 9.88. The zero-order valence-electron chi connectivity index (χ0n) is 8.72. The largest absolute Gasteiger partial charge is 0.381 e. The lowest BCUT2D eigenvalue weighted by Crippen LogP contribution is -2.22. The zero-order valence-corrected chi connectivity index (χ0v) is 8.72. The molecule has 3 aliphatic rings. The summed E-state index contributed by atoms with van der Waals surface area (Å²) < 4.78 is 5.32. The van der Waals surface area contributed by atoms with E-state index in [2.05, 4.69) is 15.2 Å². The van der Waals surface area contributed by atoms with Crippen molar-refractivity contribution in [2.24, 2.45) is 21.1 Å².